The van der Waals surface area contributed by atoms with Crippen LogP contribution in [0, 0.1) is 12.7 Å². The number of carbonyl (C=O) groups excluding carboxylic acids is 3. The zero-order valence-electron chi connectivity index (χ0n) is 17.2. The van der Waals surface area contributed by atoms with Crippen molar-refractivity contribution in [3.63, 3.8) is 0 Å². The lowest BCUT2D eigenvalue weighted by Crippen LogP contribution is -2.28. The Morgan fingerprint density at radius 1 is 1.28 bits per heavy atom. The summed E-state index contributed by atoms with van der Waals surface area (Å²) in [4.78, 5) is 41.1. The standard InChI is InChI=1S/C23H20FN3O4S/c1-13-4-2-3-5-18(13)26-21(29)10-22-25-15(12-32-22)11-31-23(30)17-9-20(28)27-19-8-14(24)6-7-16(17)19/h2-8,12,17H,9-11H2,1H3,(H,26,29)(H,27,28)/t17-/m1/s1. The number of carbonyl (C=O) groups is 3. The van der Waals surface area contributed by atoms with E-state index in [-0.39, 0.29) is 37.0 Å². The molecular weight excluding hydrogens is 433 g/mol. The summed E-state index contributed by atoms with van der Waals surface area (Å²) in [6, 6.07) is 11.4. The molecule has 0 fully saturated rings. The molecule has 2 N–H and O–H groups in total. The first kappa shape index (κ1) is 21.6. The summed E-state index contributed by atoms with van der Waals surface area (Å²) in [5.41, 5.74) is 3.02. The predicted octanol–water partition coefficient (Wildman–Crippen LogP) is 3.94. The Bertz CT molecular complexity index is 1190. The second-order valence-electron chi connectivity index (χ2n) is 7.42. The molecule has 0 unspecified atom stereocenters. The van der Waals surface area contributed by atoms with Crippen LogP contribution in [-0.2, 0) is 32.1 Å². The number of nitrogens with zero attached hydrogens (tertiary/aromatic N) is 1. The fraction of sp³-hybridized carbons (Fsp3) is 0.217. The molecule has 9 heteroatoms. The molecule has 0 bridgehead atoms. The van der Waals surface area contributed by atoms with E-state index < -0.39 is 17.7 Å². The molecule has 0 spiro atoms. The molecule has 3 aromatic rings. The summed E-state index contributed by atoms with van der Waals surface area (Å²) >= 11 is 1.30. The number of thiazole rings is 1. The van der Waals surface area contributed by atoms with E-state index in [1.54, 1.807) is 5.38 Å². The van der Waals surface area contributed by atoms with Crippen LogP contribution in [0.2, 0.25) is 0 Å². The van der Waals surface area contributed by atoms with E-state index in [4.69, 9.17) is 4.74 Å². The summed E-state index contributed by atoms with van der Waals surface area (Å²) in [5.74, 6) is -2.45. The molecule has 164 valence electrons. The van der Waals surface area contributed by atoms with Crippen LogP contribution in [0.4, 0.5) is 15.8 Å². The van der Waals surface area contributed by atoms with E-state index in [0.29, 0.717) is 16.3 Å². The highest BCUT2D eigenvalue weighted by Crippen LogP contribution is 2.33. The van der Waals surface area contributed by atoms with Gasteiger partial charge in [-0.2, -0.15) is 0 Å². The van der Waals surface area contributed by atoms with Gasteiger partial charge >= 0.3 is 5.97 Å². The Balaban J connectivity index is 1.34. The third-order valence-corrected chi connectivity index (χ3v) is 5.93. The van der Waals surface area contributed by atoms with E-state index in [2.05, 4.69) is 15.6 Å². The second kappa shape index (κ2) is 9.27. The van der Waals surface area contributed by atoms with Gasteiger partial charge in [-0.1, -0.05) is 24.3 Å². The van der Waals surface area contributed by atoms with E-state index in [1.165, 1.54) is 29.5 Å². The van der Waals surface area contributed by atoms with Gasteiger partial charge in [-0.05, 0) is 36.2 Å². The normalized spacial score (nSPS) is 14.9. The van der Waals surface area contributed by atoms with E-state index in [0.717, 1.165) is 11.3 Å². The molecule has 0 saturated heterocycles. The van der Waals surface area contributed by atoms with Crippen LogP contribution in [0.25, 0.3) is 0 Å². The molecule has 4 rings (SSSR count). The third-order valence-electron chi connectivity index (χ3n) is 5.03. The number of rotatable bonds is 6. The lowest BCUT2D eigenvalue weighted by atomic mass is 9.90. The third kappa shape index (κ3) is 5.00. The Hall–Kier alpha value is -3.59. The molecule has 2 heterocycles. The number of benzene rings is 2. The van der Waals surface area contributed by atoms with E-state index in [9.17, 15) is 18.8 Å². The van der Waals surface area contributed by atoms with Crippen molar-refractivity contribution >= 4 is 40.5 Å². The summed E-state index contributed by atoms with van der Waals surface area (Å²) in [6.45, 7) is 1.83. The van der Waals surface area contributed by atoms with Crippen molar-refractivity contribution in [2.24, 2.45) is 0 Å². The van der Waals surface area contributed by atoms with Crippen molar-refractivity contribution in [2.75, 3.05) is 10.6 Å². The van der Waals surface area contributed by atoms with Crippen molar-refractivity contribution in [1.29, 1.82) is 0 Å². The maximum Gasteiger partial charge on any atom is 0.314 e. The van der Waals surface area contributed by atoms with Crippen LogP contribution in [-0.4, -0.2) is 22.8 Å². The average Bonchev–Trinajstić information content (AvgIpc) is 3.19. The number of aromatic nitrogens is 1. The van der Waals surface area contributed by atoms with Crippen LogP contribution in [0.15, 0.2) is 47.8 Å². The number of hydrogen-bond acceptors (Lipinski definition) is 6. The molecule has 1 aliphatic heterocycles. The quantitative estimate of drug-likeness (QED) is 0.551. The van der Waals surface area contributed by atoms with Gasteiger partial charge in [-0.15, -0.1) is 11.3 Å². The van der Waals surface area contributed by atoms with Crippen molar-refractivity contribution in [1.82, 2.24) is 4.98 Å². The van der Waals surface area contributed by atoms with Crippen LogP contribution in [0.1, 0.15) is 34.2 Å². The summed E-state index contributed by atoms with van der Waals surface area (Å²) in [5, 5.41) is 7.74. The van der Waals surface area contributed by atoms with Gasteiger partial charge in [0.05, 0.1) is 18.0 Å². The highest BCUT2D eigenvalue weighted by atomic mass is 32.1. The highest BCUT2D eigenvalue weighted by molar-refractivity contribution is 7.09. The SMILES string of the molecule is Cc1ccccc1NC(=O)Cc1nc(COC(=O)[C@@H]2CC(=O)Nc3cc(F)ccc32)cs1. The number of fused-ring (bicyclic) bond motifs is 1. The minimum Gasteiger partial charge on any atom is -0.459 e. The number of hydrogen-bond donors (Lipinski definition) is 2. The van der Waals surface area contributed by atoms with E-state index >= 15 is 0 Å². The Labute approximate surface area is 187 Å². The fourth-order valence-electron chi connectivity index (χ4n) is 3.43. The Morgan fingerprint density at radius 3 is 2.91 bits per heavy atom. The molecule has 2 amide bonds. The van der Waals surface area contributed by atoms with Crippen molar-refractivity contribution in [2.45, 2.75) is 32.3 Å². The molecule has 0 aliphatic carbocycles. The van der Waals surface area contributed by atoms with Crippen molar-refractivity contribution in [3.8, 4) is 0 Å². The lowest BCUT2D eigenvalue weighted by Gasteiger charge is -2.24. The number of halogens is 1. The first-order chi connectivity index (χ1) is 15.4. The monoisotopic (exact) mass is 453 g/mol. The van der Waals surface area contributed by atoms with Gasteiger partial charge in [-0.3, -0.25) is 14.4 Å². The second-order valence-corrected chi connectivity index (χ2v) is 8.36. The predicted molar refractivity (Wildman–Crippen MR) is 118 cm³/mol. The number of amides is 2. The van der Waals surface area contributed by atoms with Crippen LogP contribution in [0.3, 0.4) is 0 Å². The molecule has 32 heavy (non-hydrogen) atoms. The summed E-state index contributed by atoms with van der Waals surface area (Å²) in [6.07, 6.45) is 0.0353. The first-order valence-corrected chi connectivity index (χ1v) is 10.8. The number of esters is 1. The Kier molecular flexibility index (Phi) is 6.27. The van der Waals surface area contributed by atoms with Gasteiger partial charge in [0.15, 0.2) is 0 Å². The topological polar surface area (TPSA) is 97.4 Å². The van der Waals surface area contributed by atoms with Crippen molar-refractivity contribution < 1.29 is 23.5 Å². The molecule has 0 saturated carbocycles. The number of aryl methyl sites for hydroxylation is 1. The fourth-order valence-corrected chi connectivity index (χ4v) is 4.21. The number of para-hydroxylation sites is 1. The number of ether oxygens (including phenoxy) is 1. The van der Waals surface area contributed by atoms with Crippen LogP contribution in [0.5, 0.6) is 0 Å². The molecule has 7 nitrogen and oxygen atoms in total. The average molecular weight is 453 g/mol. The molecule has 1 atom stereocenters. The highest BCUT2D eigenvalue weighted by Gasteiger charge is 2.32. The minimum absolute atomic E-state index is 0.0706. The lowest BCUT2D eigenvalue weighted by molar-refractivity contribution is -0.148. The zero-order chi connectivity index (χ0) is 22.7. The van der Waals surface area contributed by atoms with E-state index in [1.807, 2.05) is 31.2 Å². The first-order valence-electron chi connectivity index (χ1n) is 9.94. The molecule has 2 aromatic carbocycles. The smallest absolute Gasteiger partial charge is 0.314 e. The van der Waals surface area contributed by atoms with Gasteiger partial charge < -0.3 is 15.4 Å². The number of anilines is 2. The number of nitrogens with one attached hydrogen (secondary N) is 2. The van der Waals surface area contributed by atoms with Crippen molar-refractivity contribution in [3.05, 3.63) is 75.5 Å². The van der Waals surface area contributed by atoms with Gasteiger partial charge in [0.25, 0.3) is 0 Å². The van der Waals surface area contributed by atoms with Gasteiger partial charge in [0.1, 0.15) is 17.4 Å². The largest absolute Gasteiger partial charge is 0.459 e. The van der Waals surface area contributed by atoms with Gasteiger partial charge in [-0.25, -0.2) is 9.37 Å². The molecular formula is C23H20FN3O4S. The van der Waals surface area contributed by atoms with Crippen LogP contribution >= 0.6 is 11.3 Å². The summed E-state index contributed by atoms with van der Waals surface area (Å²) in [7, 11) is 0. The maximum atomic E-state index is 13.5. The minimum atomic E-state index is -0.808. The maximum absolute atomic E-state index is 13.5. The van der Waals surface area contributed by atoms with Gasteiger partial charge in [0, 0.05) is 23.2 Å². The molecule has 0 radical (unpaired) electrons. The summed E-state index contributed by atoms with van der Waals surface area (Å²) < 4.78 is 18.8. The van der Waals surface area contributed by atoms with Gasteiger partial charge in [0.2, 0.25) is 11.8 Å². The molecule has 1 aliphatic rings. The molecule has 1 aromatic heterocycles. The van der Waals surface area contributed by atoms with Crippen LogP contribution < -0.4 is 10.6 Å². The Morgan fingerprint density at radius 2 is 2.09 bits per heavy atom. The zero-order valence-corrected chi connectivity index (χ0v) is 18.0.